The fourth-order valence-corrected chi connectivity index (χ4v) is 1.99. The maximum absolute atomic E-state index is 13.3. The van der Waals surface area contributed by atoms with Crippen LogP contribution in [0.25, 0.3) is 21.7 Å². The van der Waals surface area contributed by atoms with E-state index in [4.69, 9.17) is 4.74 Å². The van der Waals surface area contributed by atoms with Crippen molar-refractivity contribution in [3.05, 3.63) is 48.4 Å². The molecule has 0 bridgehead atoms. The summed E-state index contributed by atoms with van der Waals surface area (Å²) in [4.78, 5) is 4.35. The van der Waals surface area contributed by atoms with Crippen molar-refractivity contribution >= 4 is 21.7 Å². The van der Waals surface area contributed by atoms with Crippen molar-refractivity contribution in [1.82, 2.24) is 4.98 Å². The van der Waals surface area contributed by atoms with Crippen molar-refractivity contribution in [3.8, 4) is 5.75 Å². The van der Waals surface area contributed by atoms with Crippen LogP contribution in [0, 0.1) is 5.82 Å². The van der Waals surface area contributed by atoms with Crippen LogP contribution in [0.2, 0.25) is 0 Å². The lowest BCUT2D eigenvalue weighted by Crippen LogP contribution is -1.86. The largest absolute Gasteiger partial charge is 0.497 e. The zero-order valence-electron chi connectivity index (χ0n) is 9.27. The molecule has 0 amide bonds. The molecule has 17 heavy (non-hydrogen) atoms. The van der Waals surface area contributed by atoms with Crippen LogP contribution in [-0.2, 0) is 0 Å². The molecule has 1 aromatic heterocycles. The minimum Gasteiger partial charge on any atom is -0.497 e. The molecule has 1 heterocycles. The molecule has 84 valence electrons. The third-order valence-electron chi connectivity index (χ3n) is 2.85. The standard InChI is InChI=1S/C14H10FNO/c1-17-11-4-5-12-13-6-10(15)3-2-9(13)8-16-14(12)7-11/h2-8H,1H3. The Balaban J connectivity index is 2.42. The Hall–Kier alpha value is -2.16. The van der Waals surface area contributed by atoms with Gasteiger partial charge in [-0.15, -0.1) is 0 Å². The van der Waals surface area contributed by atoms with Crippen molar-refractivity contribution in [2.45, 2.75) is 0 Å². The highest BCUT2D eigenvalue weighted by Crippen LogP contribution is 2.26. The van der Waals surface area contributed by atoms with E-state index < -0.39 is 0 Å². The normalized spacial score (nSPS) is 10.9. The summed E-state index contributed by atoms with van der Waals surface area (Å²) in [5.41, 5.74) is 0.808. The van der Waals surface area contributed by atoms with Gasteiger partial charge in [-0.25, -0.2) is 4.39 Å². The quantitative estimate of drug-likeness (QED) is 0.593. The maximum Gasteiger partial charge on any atom is 0.123 e. The molecule has 3 heteroatoms. The summed E-state index contributed by atoms with van der Waals surface area (Å²) in [6, 6.07) is 10.3. The Morgan fingerprint density at radius 3 is 2.76 bits per heavy atom. The summed E-state index contributed by atoms with van der Waals surface area (Å²) in [5, 5.41) is 2.74. The zero-order valence-corrected chi connectivity index (χ0v) is 9.27. The van der Waals surface area contributed by atoms with E-state index in [0.29, 0.717) is 0 Å². The van der Waals surface area contributed by atoms with E-state index in [0.717, 1.165) is 27.4 Å². The van der Waals surface area contributed by atoms with E-state index in [1.807, 2.05) is 18.2 Å². The number of ether oxygens (including phenoxy) is 1. The van der Waals surface area contributed by atoms with Gasteiger partial charge >= 0.3 is 0 Å². The van der Waals surface area contributed by atoms with E-state index in [9.17, 15) is 4.39 Å². The summed E-state index contributed by atoms with van der Waals surface area (Å²) in [7, 11) is 1.61. The Kier molecular flexibility index (Phi) is 2.18. The first-order valence-electron chi connectivity index (χ1n) is 5.30. The van der Waals surface area contributed by atoms with Crippen molar-refractivity contribution in [2.75, 3.05) is 7.11 Å². The minimum absolute atomic E-state index is 0.235. The first kappa shape index (κ1) is 10.0. The number of rotatable bonds is 1. The van der Waals surface area contributed by atoms with Gasteiger partial charge in [0, 0.05) is 23.0 Å². The van der Waals surface area contributed by atoms with Gasteiger partial charge in [0.15, 0.2) is 0 Å². The Bertz CT molecular complexity index is 709. The third kappa shape index (κ3) is 1.60. The van der Waals surface area contributed by atoms with Gasteiger partial charge in [-0.2, -0.15) is 0 Å². The van der Waals surface area contributed by atoms with Crippen molar-refractivity contribution < 1.29 is 9.13 Å². The molecule has 3 rings (SSSR count). The summed E-state index contributed by atoms with van der Waals surface area (Å²) < 4.78 is 18.4. The SMILES string of the molecule is COc1ccc2c(c1)ncc1ccc(F)cc12. The van der Waals surface area contributed by atoms with E-state index in [-0.39, 0.29) is 5.82 Å². The maximum atomic E-state index is 13.3. The van der Waals surface area contributed by atoms with Crippen LogP contribution in [0.5, 0.6) is 5.75 Å². The van der Waals surface area contributed by atoms with Gasteiger partial charge in [-0.1, -0.05) is 0 Å². The molecule has 0 radical (unpaired) electrons. The van der Waals surface area contributed by atoms with E-state index >= 15 is 0 Å². The van der Waals surface area contributed by atoms with Gasteiger partial charge in [0.25, 0.3) is 0 Å². The number of benzene rings is 2. The number of aromatic nitrogens is 1. The second kappa shape index (κ2) is 3.70. The molecule has 0 fully saturated rings. The smallest absolute Gasteiger partial charge is 0.123 e. The van der Waals surface area contributed by atoms with Gasteiger partial charge in [0.2, 0.25) is 0 Å². The topological polar surface area (TPSA) is 22.1 Å². The number of pyridine rings is 1. The molecule has 0 atom stereocenters. The summed E-state index contributed by atoms with van der Waals surface area (Å²) >= 11 is 0. The lowest BCUT2D eigenvalue weighted by molar-refractivity contribution is 0.415. The van der Waals surface area contributed by atoms with Crippen LogP contribution in [-0.4, -0.2) is 12.1 Å². The molecule has 0 aliphatic rings. The van der Waals surface area contributed by atoms with Crippen molar-refractivity contribution in [2.24, 2.45) is 0 Å². The number of hydrogen-bond acceptors (Lipinski definition) is 2. The molecule has 0 N–H and O–H groups in total. The number of fused-ring (bicyclic) bond motifs is 3. The molecule has 0 unspecified atom stereocenters. The van der Waals surface area contributed by atoms with Crippen LogP contribution in [0.3, 0.4) is 0 Å². The summed E-state index contributed by atoms with van der Waals surface area (Å²) in [6.45, 7) is 0. The lowest BCUT2D eigenvalue weighted by Gasteiger charge is -2.05. The third-order valence-corrected chi connectivity index (χ3v) is 2.85. The predicted molar refractivity (Wildman–Crippen MR) is 65.8 cm³/mol. The Morgan fingerprint density at radius 1 is 1.06 bits per heavy atom. The zero-order chi connectivity index (χ0) is 11.8. The molecule has 0 saturated carbocycles. The number of hydrogen-bond donors (Lipinski definition) is 0. The molecule has 3 aromatic rings. The van der Waals surface area contributed by atoms with Crippen LogP contribution in [0.15, 0.2) is 42.6 Å². The summed E-state index contributed by atoms with van der Waals surface area (Å²) in [6.07, 6.45) is 1.75. The highest BCUT2D eigenvalue weighted by Gasteiger charge is 2.04. The fourth-order valence-electron chi connectivity index (χ4n) is 1.99. The van der Waals surface area contributed by atoms with Crippen molar-refractivity contribution in [1.29, 1.82) is 0 Å². The summed E-state index contributed by atoms with van der Waals surface area (Å²) in [5.74, 6) is 0.515. The van der Waals surface area contributed by atoms with Gasteiger partial charge in [-0.05, 0) is 35.7 Å². The number of halogens is 1. The van der Waals surface area contributed by atoms with E-state index in [1.165, 1.54) is 12.1 Å². The lowest BCUT2D eigenvalue weighted by atomic mass is 10.1. The van der Waals surface area contributed by atoms with Gasteiger partial charge in [-0.3, -0.25) is 4.98 Å². The molecule has 2 nitrogen and oxygen atoms in total. The Morgan fingerprint density at radius 2 is 1.94 bits per heavy atom. The molecule has 0 aliphatic heterocycles. The molecule has 0 aliphatic carbocycles. The highest BCUT2D eigenvalue weighted by molar-refractivity contribution is 6.05. The van der Waals surface area contributed by atoms with Crippen LogP contribution >= 0.6 is 0 Å². The fraction of sp³-hybridized carbons (Fsp3) is 0.0714. The highest BCUT2D eigenvalue weighted by atomic mass is 19.1. The average molecular weight is 227 g/mol. The predicted octanol–water partition coefficient (Wildman–Crippen LogP) is 3.54. The van der Waals surface area contributed by atoms with Crippen LogP contribution in [0.1, 0.15) is 0 Å². The second-order valence-corrected chi connectivity index (χ2v) is 3.87. The number of methoxy groups -OCH3 is 1. The van der Waals surface area contributed by atoms with Gasteiger partial charge < -0.3 is 4.74 Å². The molecule has 0 spiro atoms. The number of nitrogens with zero attached hydrogens (tertiary/aromatic N) is 1. The average Bonchev–Trinajstić information content (AvgIpc) is 2.37. The molecule has 2 aromatic carbocycles. The van der Waals surface area contributed by atoms with Crippen LogP contribution in [0.4, 0.5) is 4.39 Å². The van der Waals surface area contributed by atoms with E-state index in [1.54, 1.807) is 19.4 Å². The monoisotopic (exact) mass is 227 g/mol. The van der Waals surface area contributed by atoms with Gasteiger partial charge in [0.1, 0.15) is 11.6 Å². The Labute approximate surface area is 97.7 Å². The van der Waals surface area contributed by atoms with E-state index in [2.05, 4.69) is 4.98 Å². The molecule has 0 saturated heterocycles. The first-order valence-corrected chi connectivity index (χ1v) is 5.30. The second-order valence-electron chi connectivity index (χ2n) is 3.87. The molecular weight excluding hydrogens is 217 g/mol. The minimum atomic E-state index is -0.235. The molecular formula is C14H10FNO. The van der Waals surface area contributed by atoms with Crippen molar-refractivity contribution in [3.63, 3.8) is 0 Å². The van der Waals surface area contributed by atoms with Gasteiger partial charge in [0.05, 0.1) is 12.6 Å². The first-order chi connectivity index (χ1) is 8.28. The van der Waals surface area contributed by atoms with Crippen LogP contribution < -0.4 is 4.74 Å².